The molecule has 0 heterocycles. The molecule has 0 saturated heterocycles. The highest BCUT2D eigenvalue weighted by Gasteiger charge is 2.36. The highest BCUT2D eigenvalue weighted by atomic mass is 16.5. The normalized spacial score (nSPS) is 20.5. The van der Waals surface area contributed by atoms with Crippen molar-refractivity contribution in [2.75, 3.05) is 6.61 Å². The monoisotopic (exact) mass is 198 g/mol. The molecular weight excluding hydrogens is 176 g/mol. The van der Waals surface area contributed by atoms with E-state index in [1.807, 2.05) is 13.8 Å². The predicted octanol–water partition coefficient (Wildman–Crippen LogP) is 2.52. The third-order valence-corrected chi connectivity index (χ3v) is 2.69. The molecule has 0 spiro atoms. The summed E-state index contributed by atoms with van der Waals surface area (Å²) in [6, 6.07) is 0. The van der Waals surface area contributed by atoms with Crippen LogP contribution in [0.1, 0.15) is 39.5 Å². The summed E-state index contributed by atoms with van der Waals surface area (Å²) in [7, 11) is 0. The number of rotatable bonds is 7. The van der Waals surface area contributed by atoms with Crippen LogP contribution < -0.4 is 0 Å². The first kappa shape index (κ1) is 11.7. The van der Waals surface area contributed by atoms with Crippen LogP contribution in [0.4, 0.5) is 0 Å². The predicted molar refractivity (Wildman–Crippen MR) is 58.2 cm³/mol. The van der Waals surface area contributed by atoms with Crippen LogP contribution in [0, 0.1) is 5.92 Å². The van der Waals surface area contributed by atoms with Crippen molar-refractivity contribution in [3.63, 3.8) is 0 Å². The fourth-order valence-electron chi connectivity index (χ4n) is 1.74. The molecule has 1 aliphatic rings. The molecule has 2 nitrogen and oxygen atoms in total. The Hall–Kier alpha value is -0.340. The van der Waals surface area contributed by atoms with Gasteiger partial charge in [-0.05, 0) is 45.4 Å². The molecule has 2 heteroatoms. The van der Waals surface area contributed by atoms with Crippen molar-refractivity contribution in [2.45, 2.75) is 51.7 Å². The second-order valence-corrected chi connectivity index (χ2v) is 4.32. The van der Waals surface area contributed by atoms with Crippen LogP contribution in [0.2, 0.25) is 0 Å². The summed E-state index contributed by atoms with van der Waals surface area (Å²) in [5, 5.41) is 9.93. The van der Waals surface area contributed by atoms with Crippen molar-refractivity contribution < 1.29 is 9.84 Å². The molecule has 1 rings (SSSR count). The largest absolute Gasteiger partial charge is 0.390 e. The van der Waals surface area contributed by atoms with Crippen LogP contribution in [0.25, 0.3) is 0 Å². The molecule has 1 aliphatic carbocycles. The second-order valence-electron chi connectivity index (χ2n) is 4.32. The minimum Gasteiger partial charge on any atom is -0.390 e. The molecule has 0 aromatic rings. The van der Waals surface area contributed by atoms with Gasteiger partial charge in [0.1, 0.15) is 0 Å². The zero-order valence-electron chi connectivity index (χ0n) is 9.33. The van der Waals surface area contributed by atoms with Crippen LogP contribution >= 0.6 is 0 Å². The third kappa shape index (κ3) is 3.81. The Balaban J connectivity index is 2.29. The summed E-state index contributed by atoms with van der Waals surface area (Å²) in [5.74, 6) is 0.607. The van der Waals surface area contributed by atoms with E-state index in [0.717, 1.165) is 18.4 Å². The van der Waals surface area contributed by atoms with E-state index in [-0.39, 0.29) is 12.2 Å². The van der Waals surface area contributed by atoms with Gasteiger partial charge in [0.2, 0.25) is 0 Å². The summed E-state index contributed by atoms with van der Waals surface area (Å²) in [4.78, 5) is 0. The number of ether oxygens (including phenoxy) is 1. The number of allylic oxidation sites excluding steroid dienone is 1. The Morgan fingerprint density at radius 2 is 2.21 bits per heavy atom. The van der Waals surface area contributed by atoms with Crippen molar-refractivity contribution in [3.05, 3.63) is 12.2 Å². The lowest BCUT2D eigenvalue weighted by atomic mass is 10.0. The molecule has 0 aromatic heterocycles. The molecule has 1 fully saturated rings. The number of hydrogen-bond donors (Lipinski definition) is 1. The van der Waals surface area contributed by atoms with Gasteiger partial charge in [-0.15, -0.1) is 6.58 Å². The molecule has 0 bridgehead atoms. The fourth-order valence-corrected chi connectivity index (χ4v) is 1.74. The zero-order chi connectivity index (χ0) is 10.6. The molecule has 0 amide bonds. The first-order chi connectivity index (χ1) is 6.65. The smallest absolute Gasteiger partial charge is 0.0861 e. The summed E-state index contributed by atoms with van der Waals surface area (Å²) in [6.07, 6.45) is 3.89. The van der Waals surface area contributed by atoms with E-state index in [2.05, 4.69) is 6.58 Å². The topological polar surface area (TPSA) is 29.5 Å². The Morgan fingerprint density at radius 1 is 1.57 bits per heavy atom. The fraction of sp³-hybridized carbons (Fsp3) is 0.833. The van der Waals surface area contributed by atoms with Crippen LogP contribution in [0.15, 0.2) is 12.2 Å². The van der Waals surface area contributed by atoms with Crippen LogP contribution in [0.5, 0.6) is 0 Å². The van der Waals surface area contributed by atoms with E-state index >= 15 is 0 Å². The maximum absolute atomic E-state index is 9.93. The molecular formula is C12H22O2. The standard InChI is InChI=1S/C12H22O2/c1-4-14-12(10-6-7-10)11(13)8-5-9(2)3/h10-13H,2,4-8H2,1,3H3. The Kier molecular flexibility index (Phi) is 4.63. The molecule has 1 N–H and O–H groups in total. The maximum Gasteiger partial charge on any atom is 0.0861 e. The van der Waals surface area contributed by atoms with Crippen molar-refractivity contribution in [3.8, 4) is 0 Å². The van der Waals surface area contributed by atoms with Crippen molar-refractivity contribution >= 4 is 0 Å². The SMILES string of the molecule is C=C(C)CCC(O)C(OCC)C1CC1. The third-order valence-electron chi connectivity index (χ3n) is 2.69. The van der Waals surface area contributed by atoms with Crippen LogP contribution in [0.3, 0.4) is 0 Å². The average molecular weight is 198 g/mol. The van der Waals surface area contributed by atoms with Crippen molar-refractivity contribution in [2.24, 2.45) is 5.92 Å². The van der Waals surface area contributed by atoms with E-state index < -0.39 is 0 Å². The Bertz CT molecular complexity index is 185. The first-order valence-corrected chi connectivity index (χ1v) is 5.59. The van der Waals surface area contributed by atoms with Gasteiger partial charge in [-0.25, -0.2) is 0 Å². The minimum atomic E-state index is -0.306. The van der Waals surface area contributed by atoms with E-state index in [1.165, 1.54) is 12.8 Å². The van der Waals surface area contributed by atoms with Gasteiger partial charge in [0.15, 0.2) is 0 Å². The van der Waals surface area contributed by atoms with E-state index in [1.54, 1.807) is 0 Å². The highest BCUT2D eigenvalue weighted by Crippen LogP contribution is 2.36. The van der Waals surface area contributed by atoms with Gasteiger partial charge < -0.3 is 9.84 Å². The second kappa shape index (κ2) is 5.52. The molecule has 82 valence electrons. The quantitative estimate of drug-likeness (QED) is 0.637. The van der Waals surface area contributed by atoms with Crippen molar-refractivity contribution in [1.29, 1.82) is 0 Å². The maximum atomic E-state index is 9.93. The number of hydrogen-bond acceptors (Lipinski definition) is 2. The molecule has 1 saturated carbocycles. The molecule has 0 aliphatic heterocycles. The van der Waals surface area contributed by atoms with Gasteiger partial charge in [-0.2, -0.15) is 0 Å². The first-order valence-electron chi connectivity index (χ1n) is 5.59. The van der Waals surface area contributed by atoms with Gasteiger partial charge in [0.05, 0.1) is 12.2 Å². The lowest BCUT2D eigenvalue weighted by Gasteiger charge is -2.22. The summed E-state index contributed by atoms with van der Waals surface area (Å²) >= 11 is 0. The van der Waals surface area contributed by atoms with E-state index in [4.69, 9.17) is 4.74 Å². The lowest BCUT2D eigenvalue weighted by Crippen LogP contribution is -2.31. The van der Waals surface area contributed by atoms with E-state index in [0.29, 0.717) is 12.5 Å². The van der Waals surface area contributed by atoms with Crippen molar-refractivity contribution in [1.82, 2.24) is 0 Å². The lowest BCUT2D eigenvalue weighted by molar-refractivity contribution is -0.0472. The molecule has 0 radical (unpaired) electrons. The van der Waals surface area contributed by atoms with Crippen LogP contribution in [-0.2, 0) is 4.74 Å². The molecule has 0 aromatic carbocycles. The molecule has 2 atom stereocenters. The summed E-state index contributed by atoms with van der Waals surface area (Å²) < 4.78 is 5.58. The zero-order valence-corrected chi connectivity index (χ0v) is 9.33. The number of aliphatic hydroxyl groups excluding tert-OH is 1. The molecule has 14 heavy (non-hydrogen) atoms. The highest BCUT2D eigenvalue weighted by molar-refractivity contribution is 4.92. The van der Waals surface area contributed by atoms with Gasteiger partial charge in [-0.1, -0.05) is 5.57 Å². The van der Waals surface area contributed by atoms with E-state index in [9.17, 15) is 5.11 Å². The van der Waals surface area contributed by atoms with Gasteiger partial charge in [-0.3, -0.25) is 0 Å². The Morgan fingerprint density at radius 3 is 2.64 bits per heavy atom. The number of aliphatic hydroxyl groups is 1. The van der Waals surface area contributed by atoms with Gasteiger partial charge in [0.25, 0.3) is 0 Å². The molecule has 2 unspecified atom stereocenters. The average Bonchev–Trinajstić information content (AvgIpc) is 2.93. The summed E-state index contributed by atoms with van der Waals surface area (Å²) in [5.41, 5.74) is 1.13. The Labute approximate surface area is 87.0 Å². The minimum absolute atomic E-state index is 0.0688. The van der Waals surface area contributed by atoms with Gasteiger partial charge >= 0.3 is 0 Å². The summed E-state index contributed by atoms with van der Waals surface area (Å²) in [6.45, 7) is 8.53. The van der Waals surface area contributed by atoms with Gasteiger partial charge in [0, 0.05) is 6.61 Å². The van der Waals surface area contributed by atoms with Crippen LogP contribution in [-0.4, -0.2) is 23.9 Å².